The number of ether oxygens (including phenoxy) is 1. The molecule has 0 aromatic heterocycles. The van der Waals surface area contributed by atoms with Crippen LogP contribution in [0.25, 0.3) is 0 Å². The topological polar surface area (TPSA) is 41.6 Å². The highest BCUT2D eigenvalue weighted by atomic mass is 79.9. The molecule has 1 atom stereocenters. The second-order valence-electron chi connectivity index (χ2n) is 4.29. The summed E-state index contributed by atoms with van der Waals surface area (Å²) in [5, 5.41) is 3.01. The zero-order chi connectivity index (χ0) is 13.0. The lowest BCUT2D eigenvalue weighted by atomic mass is 10.1. The summed E-state index contributed by atoms with van der Waals surface area (Å²) in [4.78, 5) is 13.8. The summed E-state index contributed by atoms with van der Waals surface area (Å²) in [7, 11) is 0. The van der Waals surface area contributed by atoms with E-state index in [1.165, 1.54) is 0 Å². The highest BCUT2D eigenvalue weighted by Crippen LogP contribution is 2.22. The Bertz CT molecular complexity index is 419. The third-order valence-electron chi connectivity index (χ3n) is 3.01. The summed E-state index contributed by atoms with van der Waals surface area (Å²) in [6.07, 6.45) is 0. The van der Waals surface area contributed by atoms with Crippen molar-refractivity contribution in [3.05, 3.63) is 34.3 Å². The normalized spacial score (nSPS) is 17.3. The van der Waals surface area contributed by atoms with Gasteiger partial charge in [0.15, 0.2) is 0 Å². The van der Waals surface area contributed by atoms with Crippen molar-refractivity contribution in [3.63, 3.8) is 0 Å². The van der Waals surface area contributed by atoms with Crippen molar-refractivity contribution in [2.45, 2.75) is 13.0 Å². The fourth-order valence-corrected chi connectivity index (χ4v) is 2.58. The molecule has 98 valence electrons. The Kier molecular flexibility index (Phi) is 4.60. The molecule has 1 heterocycles. The van der Waals surface area contributed by atoms with Crippen LogP contribution in [0, 0.1) is 0 Å². The molecule has 0 aliphatic carbocycles. The molecule has 1 aliphatic rings. The molecule has 1 aromatic carbocycles. The number of carbonyl (C=O) groups is 1. The van der Waals surface area contributed by atoms with Crippen molar-refractivity contribution in [1.82, 2.24) is 10.2 Å². The van der Waals surface area contributed by atoms with Gasteiger partial charge in [0.2, 0.25) is 0 Å². The summed E-state index contributed by atoms with van der Waals surface area (Å²) in [6, 6.07) is 7.88. The smallest absolute Gasteiger partial charge is 0.318 e. The van der Waals surface area contributed by atoms with Crippen molar-refractivity contribution in [2.24, 2.45) is 0 Å². The molecule has 1 N–H and O–H groups in total. The number of rotatable bonds is 2. The average molecular weight is 313 g/mol. The SMILES string of the molecule is CC(NC(=O)N1CCOCC1)c1ccccc1Br. The number of nitrogens with one attached hydrogen (secondary N) is 1. The molecular formula is C13H17BrN2O2. The summed E-state index contributed by atoms with van der Waals surface area (Å²) < 4.78 is 6.24. The van der Waals surface area contributed by atoms with Crippen LogP contribution < -0.4 is 5.32 Å². The van der Waals surface area contributed by atoms with Gasteiger partial charge in [0.25, 0.3) is 0 Å². The maximum atomic E-state index is 12.0. The minimum absolute atomic E-state index is 0.0177. The number of halogens is 1. The van der Waals surface area contributed by atoms with Crippen molar-refractivity contribution < 1.29 is 9.53 Å². The molecule has 1 unspecified atom stereocenters. The van der Waals surface area contributed by atoms with Gasteiger partial charge >= 0.3 is 6.03 Å². The Balaban J connectivity index is 1.96. The van der Waals surface area contributed by atoms with Gasteiger partial charge in [-0.3, -0.25) is 0 Å². The van der Waals surface area contributed by atoms with Crippen molar-refractivity contribution >= 4 is 22.0 Å². The molecule has 2 rings (SSSR count). The van der Waals surface area contributed by atoms with Crippen molar-refractivity contribution in [3.8, 4) is 0 Å². The minimum Gasteiger partial charge on any atom is -0.378 e. The van der Waals surface area contributed by atoms with E-state index in [4.69, 9.17) is 4.74 Å². The fourth-order valence-electron chi connectivity index (χ4n) is 1.95. The van der Waals surface area contributed by atoms with Crippen LogP contribution in [0.4, 0.5) is 4.79 Å². The molecule has 1 aromatic rings. The van der Waals surface area contributed by atoms with E-state index in [9.17, 15) is 4.79 Å². The van der Waals surface area contributed by atoms with E-state index in [0.29, 0.717) is 26.3 Å². The van der Waals surface area contributed by atoms with Crippen LogP contribution >= 0.6 is 15.9 Å². The predicted molar refractivity (Wildman–Crippen MR) is 73.5 cm³/mol. The number of hydrogen-bond donors (Lipinski definition) is 1. The zero-order valence-corrected chi connectivity index (χ0v) is 11.9. The molecule has 0 bridgehead atoms. The first-order valence-electron chi connectivity index (χ1n) is 6.06. The van der Waals surface area contributed by atoms with Gasteiger partial charge in [-0.1, -0.05) is 34.1 Å². The number of benzene rings is 1. The van der Waals surface area contributed by atoms with E-state index in [2.05, 4.69) is 21.2 Å². The number of hydrogen-bond acceptors (Lipinski definition) is 2. The van der Waals surface area contributed by atoms with Crippen LogP contribution in [0.3, 0.4) is 0 Å². The lowest BCUT2D eigenvalue weighted by Crippen LogP contribution is -2.46. The van der Waals surface area contributed by atoms with Gasteiger partial charge in [-0.15, -0.1) is 0 Å². The lowest BCUT2D eigenvalue weighted by molar-refractivity contribution is 0.0526. The molecular weight excluding hydrogens is 296 g/mol. The molecule has 2 amide bonds. The monoisotopic (exact) mass is 312 g/mol. The Labute approximate surface area is 115 Å². The number of urea groups is 1. The summed E-state index contributed by atoms with van der Waals surface area (Å²) >= 11 is 3.50. The van der Waals surface area contributed by atoms with Gasteiger partial charge in [-0.25, -0.2) is 4.79 Å². The van der Waals surface area contributed by atoms with Gasteiger partial charge in [0.05, 0.1) is 19.3 Å². The Morgan fingerprint density at radius 2 is 2.06 bits per heavy atom. The van der Waals surface area contributed by atoms with E-state index >= 15 is 0 Å². The summed E-state index contributed by atoms with van der Waals surface area (Å²) in [5.41, 5.74) is 1.08. The average Bonchev–Trinajstić information content (AvgIpc) is 2.40. The molecule has 5 heteroatoms. The zero-order valence-electron chi connectivity index (χ0n) is 10.4. The Morgan fingerprint density at radius 3 is 2.72 bits per heavy atom. The molecule has 1 aliphatic heterocycles. The van der Waals surface area contributed by atoms with Crippen molar-refractivity contribution in [2.75, 3.05) is 26.3 Å². The van der Waals surface area contributed by atoms with Crippen LogP contribution in [0.5, 0.6) is 0 Å². The largest absolute Gasteiger partial charge is 0.378 e. The van der Waals surface area contributed by atoms with E-state index in [0.717, 1.165) is 10.0 Å². The molecule has 0 spiro atoms. The standard InChI is InChI=1S/C13H17BrN2O2/c1-10(11-4-2-3-5-12(11)14)15-13(17)16-6-8-18-9-7-16/h2-5,10H,6-9H2,1H3,(H,15,17). The van der Waals surface area contributed by atoms with Crippen LogP contribution in [0.1, 0.15) is 18.5 Å². The Morgan fingerprint density at radius 1 is 1.39 bits per heavy atom. The molecule has 0 saturated carbocycles. The van der Waals surface area contributed by atoms with Gasteiger partial charge in [0.1, 0.15) is 0 Å². The predicted octanol–water partition coefficient (Wildman–Crippen LogP) is 2.55. The summed E-state index contributed by atoms with van der Waals surface area (Å²) in [6.45, 7) is 4.55. The number of nitrogens with zero attached hydrogens (tertiary/aromatic N) is 1. The molecule has 4 nitrogen and oxygen atoms in total. The Hall–Kier alpha value is -1.07. The third kappa shape index (κ3) is 3.23. The first-order valence-corrected chi connectivity index (χ1v) is 6.85. The highest BCUT2D eigenvalue weighted by Gasteiger charge is 2.19. The number of amides is 2. The van der Waals surface area contributed by atoms with Crippen LogP contribution in [-0.2, 0) is 4.74 Å². The van der Waals surface area contributed by atoms with Gasteiger partial charge in [-0.05, 0) is 18.6 Å². The van der Waals surface area contributed by atoms with Gasteiger partial charge in [-0.2, -0.15) is 0 Å². The van der Waals surface area contributed by atoms with E-state index in [1.54, 1.807) is 4.90 Å². The van der Waals surface area contributed by atoms with Gasteiger partial charge in [0, 0.05) is 17.6 Å². The maximum Gasteiger partial charge on any atom is 0.318 e. The summed E-state index contributed by atoms with van der Waals surface area (Å²) in [5.74, 6) is 0. The lowest BCUT2D eigenvalue weighted by Gasteiger charge is -2.28. The van der Waals surface area contributed by atoms with E-state index < -0.39 is 0 Å². The maximum absolute atomic E-state index is 12.0. The van der Waals surface area contributed by atoms with Crippen LogP contribution in [0.2, 0.25) is 0 Å². The van der Waals surface area contributed by atoms with Crippen LogP contribution in [-0.4, -0.2) is 37.2 Å². The highest BCUT2D eigenvalue weighted by molar-refractivity contribution is 9.10. The molecule has 1 saturated heterocycles. The first kappa shape index (κ1) is 13.4. The third-order valence-corrected chi connectivity index (χ3v) is 3.73. The second kappa shape index (κ2) is 6.20. The minimum atomic E-state index is -0.0263. The quantitative estimate of drug-likeness (QED) is 0.912. The van der Waals surface area contributed by atoms with Gasteiger partial charge < -0.3 is 15.0 Å². The number of morpholine rings is 1. The van der Waals surface area contributed by atoms with Crippen molar-refractivity contribution in [1.29, 1.82) is 0 Å². The van der Waals surface area contributed by atoms with E-state index in [1.807, 2.05) is 31.2 Å². The second-order valence-corrected chi connectivity index (χ2v) is 5.15. The fraction of sp³-hybridized carbons (Fsp3) is 0.462. The molecule has 18 heavy (non-hydrogen) atoms. The molecule has 0 radical (unpaired) electrons. The number of carbonyl (C=O) groups excluding carboxylic acids is 1. The molecule has 1 fully saturated rings. The first-order chi connectivity index (χ1) is 8.68. The van der Waals surface area contributed by atoms with E-state index in [-0.39, 0.29) is 12.1 Å². The van der Waals surface area contributed by atoms with Crippen LogP contribution in [0.15, 0.2) is 28.7 Å².